The number of aromatic amines is 3. The maximum atomic E-state index is 6.41. The van der Waals surface area contributed by atoms with E-state index in [0.717, 1.165) is 33.5 Å². The molecule has 134 valence electrons. The van der Waals surface area contributed by atoms with Crippen LogP contribution in [0.5, 0.6) is 0 Å². The van der Waals surface area contributed by atoms with E-state index in [1.807, 2.05) is 19.2 Å². The van der Waals surface area contributed by atoms with Gasteiger partial charge in [0.2, 0.25) is 0 Å². The summed E-state index contributed by atoms with van der Waals surface area (Å²) >= 11 is 12.6. The molecule has 0 aliphatic rings. The number of halogens is 2. The molecule has 0 radical (unpaired) electrons. The van der Waals surface area contributed by atoms with Crippen molar-refractivity contribution in [1.29, 1.82) is 0 Å². The molecule has 0 saturated carbocycles. The molecule has 0 bridgehead atoms. The number of nitrogens with zero attached hydrogens (tertiary/aromatic N) is 3. The first-order valence-electron chi connectivity index (χ1n) is 8.00. The molecule has 3 N–H and O–H groups in total. The van der Waals surface area contributed by atoms with E-state index in [0.29, 0.717) is 22.5 Å². The average Bonchev–Trinajstić information content (AvgIpc) is 3.36. The molecule has 0 saturated heterocycles. The number of rotatable bonds is 5. The molecular weight excluding hydrogens is 375 g/mol. The first-order chi connectivity index (χ1) is 12.6. The summed E-state index contributed by atoms with van der Waals surface area (Å²) in [5, 5.41) is 16.1. The van der Waals surface area contributed by atoms with Crippen molar-refractivity contribution in [2.24, 2.45) is 0 Å². The van der Waals surface area contributed by atoms with Crippen LogP contribution in [0.15, 0.2) is 24.5 Å². The summed E-state index contributed by atoms with van der Waals surface area (Å²) in [6, 6.07) is 3.70. The van der Waals surface area contributed by atoms with Gasteiger partial charge in [-0.05, 0) is 6.07 Å². The normalized spacial score (nSPS) is 12.8. The Hall–Kier alpha value is -2.35. The van der Waals surface area contributed by atoms with E-state index in [9.17, 15) is 0 Å². The van der Waals surface area contributed by atoms with E-state index in [2.05, 4.69) is 30.4 Å². The molecular formula is C17H16Cl2N6O. The fourth-order valence-electron chi connectivity index (χ4n) is 2.99. The molecule has 0 spiro atoms. The van der Waals surface area contributed by atoms with E-state index in [1.165, 1.54) is 0 Å². The van der Waals surface area contributed by atoms with Crippen LogP contribution in [0.25, 0.3) is 33.5 Å². The van der Waals surface area contributed by atoms with Crippen LogP contribution >= 0.6 is 23.2 Å². The van der Waals surface area contributed by atoms with Gasteiger partial charge in [-0.2, -0.15) is 10.2 Å². The zero-order valence-electron chi connectivity index (χ0n) is 14.1. The molecule has 3 aromatic heterocycles. The third kappa shape index (κ3) is 2.78. The lowest BCUT2D eigenvalue weighted by molar-refractivity contribution is 0.182. The van der Waals surface area contributed by atoms with Crippen LogP contribution < -0.4 is 0 Å². The molecule has 0 aliphatic carbocycles. The average molecular weight is 391 g/mol. The Labute approximate surface area is 159 Å². The van der Waals surface area contributed by atoms with Gasteiger partial charge in [-0.3, -0.25) is 10.2 Å². The molecule has 7 nitrogen and oxygen atoms in total. The number of H-pyrrole nitrogens is 3. The van der Waals surface area contributed by atoms with Gasteiger partial charge in [-0.25, -0.2) is 4.98 Å². The number of aromatic nitrogens is 6. The van der Waals surface area contributed by atoms with Crippen molar-refractivity contribution in [3.63, 3.8) is 0 Å². The summed E-state index contributed by atoms with van der Waals surface area (Å²) < 4.78 is 5.19. The minimum atomic E-state index is 0.0982. The summed E-state index contributed by atoms with van der Waals surface area (Å²) in [4.78, 5) is 7.96. The largest absolute Gasteiger partial charge is 0.384 e. The predicted molar refractivity (Wildman–Crippen MR) is 102 cm³/mol. The number of hydrogen-bond acceptors (Lipinski definition) is 4. The van der Waals surface area contributed by atoms with Crippen LogP contribution in [-0.2, 0) is 4.74 Å². The van der Waals surface area contributed by atoms with E-state index in [-0.39, 0.29) is 5.92 Å². The Morgan fingerprint density at radius 3 is 2.85 bits per heavy atom. The van der Waals surface area contributed by atoms with E-state index in [4.69, 9.17) is 27.9 Å². The fourth-order valence-corrected chi connectivity index (χ4v) is 3.36. The van der Waals surface area contributed by atoms with Crippen molar-refractivity contribution in [2.75, 3.05) is 13.7 Å². The Morgan fingerprint density at radius 2 is 2.12 bits per heavy atom. The Balaban J connectivity index is 1.92. The maximum Gasteiger partial charge on any atom is 0.198 e. The van der Waals surface area contributed by atoms with Gasteiger partial charge in [0.15, 0.2) is 5.82 Å². The van der Waals surface area contributed by atoms with Crippen LogP contribution in [0.4, 0.5) is 0 Å². The second kappa shape index (κ2) is 6.75. The van der Waals surface area contributed by atoms with Crippen LogP contribution in [0, 0.1) is 0 Å². The lowest BCUT2D eigenvalue weighted by Crippen LogP contribution is -2.03. The van der Waals surface area contributed by atoms with E-state index in [1.54, 1.807) is 19.4 Å². The molecule has 4 rings (SSSR count). The number of benzene rings is 1. The third-order valence-corrected chi connectivity index (χ3v) is 5.07. The van der Waals surface area contributed by atoms with Crippen LogP contribution in [-0.4, -0.2) is 44.1 Å². The SMILES string of the molecule is COCC(C)c1nc(-c2[nH]c3c(Cl)c(Cl)ccc3c2-c2cn[nH]c2)n[nH]1. The number of methoxy groups -OCH3 is 1. The summed E-state index contributed by atoms with van der Waals surface area (Å²) in [7, 11) is 1.66. The Morgan fingerprint density at radius 1 is 1.27 bits per heavy atom. The molecule has 1 aromatic carbocycles. The van der Waals surface area contributed by atoms with Crippen LogP contribution in [0.1, 0.15) is 18.7 Å². The van der Waals surface area contributed by atoms with Gasteiger partial charge in [-0.15, -0.1) is 0 Å². The first-order valence-corrected chi connectivity index (χ1v) is 8.76. The molecule has 3 heterocycles. The van der Waals surface area contributed by atoms with Crippen molar-refractivity contribution >= 4 is 34.1 Å². The van der Waals surface area contributed by atoms with Gasteiger partial charge in [0.25, 0.3) is 0 Å². The highest BCUT2D eigenvalue weighted by Crippen LogP contribution is 2.41. The topological polar surface area (TPSA) is 95.3 Å². The smallest absolute Gasteiger partial charge is 0.198 e. The van der Waals surface area contributed by atoms with Gasteiger partial charge in [0, 0.05) is 35.7 Å². The van der Waals surface area contributed by atoms with Crippen molar-refractivity contribution in [3.05, 3.63) is 40.4 Å². The Kier molecular flexibility index (Phi) is 4.44. The minimum Gasteiger partial charge on any atom is -0.384 e. The Bertz CT molecular complexity index is 1050. The van der Waals surface area contributed by atoms with Crippen LogP contribution in [0.2, 0.25) is 10.0 Å². The van der Waals surface area contributed by atoms with Gasteiger partial charge in [-0.1, -0.05) is 36.2 Å². The van der Waals surface area contributed by atoms with Crippen molar-refractivity contribution in [3.8, 4) is 22.6 Å². The molecule has 0 fully saturated rings. The highest BCUT2D eigenvalue weighted by molar-refractivity contribution is 6.45. The highest BCUT2D eigenvalue weighted by atomic mass is 35.5. The molecule has 4 aromatic rings. The lowest BCUT2D eigenvalue weighted by atomic mass is 10.0. The van der Waals surface area contributed by atoms with E-state index >= 15 is 0 Å². The minimum absolute atomic E-state index is 0.0982. The highest BCUT2D eigenvalue weighted by Gasteiger charge is 2.22. The van der Waals surface area contributed by atoms with Crippen molar-refractivity contribution < 1.29 is 4.74 Å². The number of nitrogens with one attached hydrogen (secondary N) is 3. The summed E-state index contributed by atoms with van der Waals surface area (Å²) in [5.74, 6) is 1.39. The first kappa shape index (κ1) is 17.1. The van der Waals surface area contributed by atoms with Gasteiger partial charge < -0.3 is 9.72 Å². The monoisotopic (exact) mass is 390 g/mol. The number of fused-ring (bicyclic) bond motifs is 1. The molecule has 0 amide bonds. The second-order valence-corrected chi connectivity index (χ2v) is 6.83. The van der Waals surface area contributed by atoms with Gasteiger partial charge >= 0.3 is 0 Å². The molecule has 0 aliphatic heterocycles. The molecule has 1 unspecified atom stereocenters. The van der Waals surface area contributed by atoms with Gasteiger partial charge in [0.1, 0.15) is 5.82 Å². The maximum absolute atomic E-state index is 6.41. The fraction of sp³-hybridized carbons (Fsp3) is 0.235. The summed E-state index contributed by atoms with van der Waals surface area (Å²) in [6.07, 6.45) is 3.56. The molecule has 9 heteroatoms. The lowest BCUT2D eigenvalue weighted by Gasteiger charge is -2.04. The van der Waals surface area contributed by atoms with Gasteiger partial charge in [0.05, 0.1) is 34.1 Å². The zero-order valence-corrected chi connectivity index (χ0v) is 15.6. The zero-order chi connectivity index (χ0) is 18.3. The van der Waals surface area contributed by atoms with E-state index < -0.39 is 0 Å². The quantitative estimate of drug-likeness (QED) is 0.470. The molecule has 26 heavy (non-hydrogen) atoms. The number of ether oxygens (including phenoxy) is 1. The van der Waals surface area contributed by atoms with Crippen LogP contribution in [0.3, 0.4) is 0 Å². The number of hydrogen-bond donors (Lipinski definition) is 3. The van der Waals surface area contributed by atoms with Crippen molar-refractivity contribution in [1.82, 2.24) is 30.4 Å². The standard InChI is InChI=1S/C17H16Cl2N6O/c1-8(7-26-2)16-23-17(25-24-16)15-12(9-5-20-21-6-9)10-3-4-11(18)13(19)14(10)22-15/h3-6,8,22H,7H2,1-2H3,(H,20,21)(H,23,24,25). The molecule has 1 atom stereocenters. The van der Waals surface area contributed by atoms with Crippen molar-refractivity contribution in [2.45, 2.75) is 12.8 Å². The second-order valence-electron chi connectivity index (χ2n) is 6.05. The predicted octanol–water partition coefficient (Wildman–Crippen LogP) is 4.40. The summed E-state index contributed by atoms with van der Waals surface area (Å²) in [5.41, 5.74) is 3.30. The third-order valence-electron chi connectivity index (χ3n) is 4.26. The summed E-state index contributed by atoms with van der Waals surface area (Å²) in [6.45, 7) is 2.57.